The normalized spacial score (nSPS) is 28.4. The molecule has 1 aromatic heterocycles. The van der Waals surface area contributed by atoms with Crippen molar-refractivity contribution in [3.8, 4) is 17.0 Å². The number of aromatic nitrogens is 2. The van der Waals surface area contributed by atoms with Crippen LogP contribution in [0.5, 0.6) is 5.75 Å². The van der Waals surface area contributed by atoms with Gasteiger partial charge >= 0.3 is 0 Å². The van der Waals surface area contributed by atoms with Gasteiger partial charge in [-0.1, -0.05) is 12.1 Å². The molecule has 2 aliphatic heterocycles. The fourth-order valence-electron chi connectivity index (χ4n) is 5.06. The SMILES string of the molecule is CN(c1ccc(-c2ccc(C3=CCCC3)cc2O)nn1)[C@H]1CC2CCC(N2)[C@H]1F. The van der Waals surface area contributed by atoms with Crippen molar-refractivity contribution in [1.29, 1.82) is 0 Å². The fraction of sp³-hybridized carbons (Fsp3) is 0.478. The van der Waals surface area contributed by atoms with E-state index in [4.69, 9.17) is 0 Å². The molecule has 29 heavy (non-hydrogen) atoms. The summed E-state index contributed by atoms with van der Waals surface area (Å²) in [6, 6.07) is 9.65. The second-order valence-electron chi connectivity index (χ2n) is 8.54. The average molecular weight is 394 g/mol. The van der Waals surface area contributed by atoms with Crippen molar-refractivity contribution in [2.45, 2.75) is 62.8 Å². The molecule has 0 spiro atoms. The summed E-state index contributed by atoms with van der Waals surface area (Å²) in [5.41, 5.74) is 3.65. The van der Waals surface area contributed by atoms with Crippen LogP contribution in [0.1, 0.15) is 44.1 Å². The largest absolute Gasteiger partial charge is 0.507 e. The van der Waals surface area contributed by atoms with E-state index in [1.807, 2.05) is 42.3 Å². The number of benzene rings is 1. The molecule has 4 atom stereocenters. The zero-order valence-corrected chi connectivity index (χ0v) is 16.7. The highest BCUT2D eigenvalue weighted by Crippen LogP contribution is 2.36. The zero-order chi connectivity index (χ0) is 20.0. The summed E-state index contributed by atoms with van der Waals surface area (Å²) in [6.07, 6.45) is 7.43. The molecule has 152 valence electrons. The van der Waals surface area contributed by atoms with Crippen molar-refractivity contribution in [3.63, 3.8) is 0 Å². The number of allylic oxidation sites excluding steroid dienone is 2. The minimum atomic E-state index is -0.901. The molecule has 2 fully saturated rings. The first-order valence-electron chi connectivity index (χ1n) is 10.6. The van der Waals surface area contributed by atoms with Crippen LogP contribution in [0.25, 0.3) is 16.8 Å². The first kappa shape index (κ1) is 18.6. The summed E-state index contributed by atoms with van der Waals surface area (Å²) in [7, 11) is 1.90. The Hall–Kier alpha value is -2.47. The van der Waals surface area contributed by atoms with E-state index in [2.05, 4.69) is 21.6 Å². The van der Waals surface area contributed by atoms with E-state index in [0.717, 1.165) is 37.7 Å². The molecule has 2 aromatic rings. The number of nitrogens with one attached hydrogen (secondary N) is 1. The molecule has 1 aliphatic carbocycles. The smallest absolute Gasteiger partial charge is 0.151 e. The number of nitrogens with zero attached hydrogens (tertiary/aromatic N) is 3. The summed E-state index contributed by atoms with van der Waals surface area (Å²) in [6.45, 7) is 0. The number of phenols is 1. The number of hydrogen-bond donors (Lipinski definition) is 2. The standard InChI is InChI=1S/C23H27FN4O/c1-28(20-13-16-7-9-19(25-16)23(20)24)22-11-10-18(26-27-22)17-8-6-15(12-21(17)29)14-4-2-3-5-14/h4,6,8,10-12,16,19-20,23,25,29H,2-3,5,7,9,13H2,1H3/t16?,19?,20-,23+/m0/s1. The summed E-state index contributed by atoms with van der Waals surface area (Å²) < 4.78 is 14.8. The highest BCUT2D eigenvalue weighted by molar-refractivity contribution is 5.74. The number of hydrogen-bond acceptors (Lipinski definition) is 5. The molecule has 2 saturated heterocycles. The van der Waals surface area contributed by atoms with Crippen LogP contribution in [0.4, 0.5) is 10.2 Å². The van der Waals surface area contributed by atoms with E-state index < -0.39 is 6.17 Å². The highest BCUT2D eigenvalue weighted by atomic mass is 19.1. The van der Waals surface area contributed by atoms with Gasteiger partial charge in [0, 0.05) is 24.7 Å². The molecule has 2 bridgehead atoms. The highest BCUT2D eigenvalue weighted by Gasteiger charge is 2.43. The van der Waals surface area contributed by atoms with E-state index in [1.54, 1.807) is 0 Å². The van der Waals surface area contributed by atoms with Crippen molar-refractivity contribution in [2.24, 2.45) is 0 Å². The Morgan fingerprint density at radius 2 is 2.07 bits per heavy atom. The van der Waals surface area contributed by atoms with Gasteiger partial charge in [-0.05, 0) is 73.9 Å². The van der Waals surface area contributed by atoms with Gasteiger partial charge in [0.15, 0.2) is 5.82 Å². The lowest BCUT2D eigenvalue weighted by Crippen LogP contribution is -2.55. The van der Waals surface area contributed by atoms with Gasteiger partial charge in [0.25, 0.3) is 0 Å². The van der Waals surface area contributed by atoms with Gasteiger partial charge < -0.3 is 15.3 Å². The van der Waals surface area contributed by atoms with Gasteiger partial charge in [-0.25, -0.2) is 4.39 Å². The van der Waals surface area contributed by atoms with Crippen LogP contribution in [0.3, 0.4) is 0 Å². The van der Waals surface area contributed by atoms with E-state index >= 15 is 0 Å². The Labute approximate surface area is 170 Å². The van der Waals surface area contributed by atoms with Crippen LogP contribution in [-0.2, 0) is 0 Å². The lowest BCUT2D eigenvalue weighted by molar-refractivity contribution is 0.176. The minimum absolute atomic E-state index is 0.0427. The van der Waals surface area contributed by atoms with Crippen LogP contribution < -0.4 is 10.2 Å². The van der Waals surface area contributed by atoms with Gasteiger partial charge in [0.2, 0.25) is 0 Å². The number of halogens is 1. The van der Waals surface area contributed by atoms with E-state index in [9.17, 15) is 9.50 Å². The molecule has 2 N–H and O–H groups in total. The first-order valence-corrected chi connectivity index (χ1v) is 10.6. The maximum Gasteiger partial charge on any atom is 0.151 e. The van der Waals surface area contributed by atoms with Gasteiger partial charge in [-0.2, -0.15) is 0 Å². The zero-order valence-electron chi connectivity index (χ0n) is 16.7. The molecule has 0 radical (unpaired) electrons. The number of fused-ring (bicyclic) bond motifs is 2. The van der Waals surface area contributed by atoms with E-state index in [1.165, 1.54) is 12.0 Å². The van der Waals surface area contributed by atoms with Crippen molar-refractivity contribution in [3.05, 3.63) is 42.0 Å². The minimum Gasteiger partial charge on any atom is -0.507 e. The summed E-state index contributed by atoms with van der Waals surface area (Å²) >= 11 is 0. The van der Waals surface area contributed by atoms with Crippen molar-refractivity contribution in [1.82, 2.24) is 15.5 Å². The van der Waals surface area contributed by atoms with E-state index in [0.29, 0.717) is 23.1 Å². The Morgan fingerprint density at radius 3 is 2.79 bits per heavy atom. The summed E-state index contributed by atoms with van der Waals surface area (Å²) in [5.74, 6) is 0.874. The van der Waals surface area contributed by atoms with Crippen molar-refractivity contribution in [2.75, 3.05) is 11.9 Å². The topological polar surface area (TPSA) is 61.3 Å². The molecule has 5 nitrogen and oxygen atoms in total. The third-order valence-electron chi connectivity index (χ3n) is 6.75. The predicted molar refractivity (Wildman–Crippen MR) is 113 cm³/mol. The number of alkyl halides is 1. The van der Waals surface area contributed by atoms with Crippen LogP contribution in [0.2, 0.25) is 0 Å². The molecular weight excluding hydrogens is 367 g/mol. The van der Waals surface area contributed by atoms with Crippen molar-refractivity contribution >= 4 is 11.4 Å². The lowest BCUT2D eigenvalue weighted by atomic mass is 9.96. The van der Waals surface area contributed by atoms with Crippen molar-refractivity contribution < 1.29 is 9.50 Å². The third kappa shape index (κ3) is 3.39. The predicted octanol–water partition coefficient (Wildman–Crippen LogP) is 4.08. The number of aromatic hydroxyl groups is 1. The van der Waals surface area contributed by atoms with Crippen LogP contribution in [0.15, 0.2) is 36.4 Å². The fourth-order valence-corrected chi connectivity index (χ4v) is 5.06. The van der Waals surface area contributed by atoms with E-state index in [-0.39, 0.29) is 17.8 Å². The van der Waals surface area contributed by atoms with Gasteiger partial charge in [0.1, 0.15) is 11.9 Å². The number of phenolic OH excluding ortho intramolecular Hbond substituents is 1. The quantitative estimate of drug-likeness (QED) is 0.818. The monoisotopic (exact) mass is 394 g/mol. The number of piperidine rings is 1. The Morgan fingerprint density at radius 1 is 1.17 bits per heavy atom. The molecule has 0 saturated carbocycles. The Balaban J connectivity index is 1.35. The lowest BCUT2D eigenvalue weighted by Gasteiger charge is -2.38. The second-order valence-corrected chi connectivity index (χ2v) is 8.54. The third-order valence-corrected chi connectivity index (χ3v) is 6.75. The first-order chi connectivity index (χ1) is 14.1. The molecule has 3 aliphatic rings. The molecule has 1 aromatic carbocycles. The molecular formula is C23H27FN4O. The summed E-state index contributed by atoms with van der Waals surface area (Å²) in [4.78, 5) is 1.92. The van der Waals surface area contributed by atoms with Gasteiger partial charge in [-0.3, -0.25) is 0 Å². The maximum absolute atomic E-state index is 14.8. The Bertz CT molecular complexity index is 929. The van der Waals surface area contributed by atoms with Crippen LogP contribution >= 0.6 is 0 Å². The second kappa shape index (κ2) is 7.41. The number of rotatable bonds is 4. The van der Waals surface area contributed by atoms with Crippen LogP contribution in [-0.4, -0.2) is 46.6 Å². The van der Waals surface area contributed by atoms with Gasteiger partial charge in [0.05, 0.1) is 11.7 Å². The molecule has 2 unspecified atom stereocenters. The maximum atomic E-state index is 14.8. The summed E-state index contributed by atoms with van der Waals surface area (Å²) in [5, 5.41) is 22.6. The van der Waals surface area contributed by atoms with Crippen LogP contribution in [0, 0.1) is 0 Å². The Kier molecular flexibility index (Phi) is 4.74. The molecule has 0 amide bonds. The average Bonchev–Trinajstić information content (AvgIpc) is 3.41. The molecule has 6 heteroatoms. The molecule has 3 heterocycles. The molecule has 5 rings (SSSR count). The number of anilines is 1. The van der Waals surface area contributed by atoms with Gasteiger partial charge in [-0.15, -0.1) is 10.2 Å².